The predicted octanol–water partition coefficient (Wildman–Crippen LogP) is 1.56. The SMILES string of the molecule is CCN(CC(C)C(=O)O)S(=O)(=O)Cc1ccccc1. The van der Waals surface area contributed by atoms with E-state index in [1.807, 2.05) is 6.07 Å². The molecular formula is C13H19NO4S. The standard InChI is InChI=1S/C13H19NO4S/c1-3-14(9-11(2)13(15)16)19(17,18)10-12-7-5-4-6-8-12/h4-8,11H,3,9-10H2,1-2H3,(H,15,16). The van der Waals surface area contributed by atoms with Gasteiger partial charge in [0.15, 0.2) is 0 Å². The van der Waals surface area contributed by atoms with Gasteiger partial charge in [-0.3, -0.25) is 4.79 Å². The first kappa shape index (κ1) is 15.7. The van der Waals surface area contributed by atoms with E-state index in [4.69, 9.17) is 5.11 Å². The lowest BCUT2D eigenvalue weighted by Gasteiger charge is -2.22. The van der Waals surface area contributed by atoms with E-state index in [0.717, 1.165) is 0 Å². The second kappa shape index (κ2) is 6.68. The van der Waals surface area contributed by atoms with Gasteiger partial charge in [0.2, 0.25) is 10.0 Å². The Morgan fingerprint density at radius 2 is 1.89 bits per heavy atom. The van der Waals surface area contributed by atoms with E-state index in [9.17, 15) is 13.2 Å². The minimum atomic E-state index is -3.48. The maximum atomic E-state index is 12.2. The normalized spacial score (nSPS) is 13.4. The van der Waals surface area contributed by atoms with Crippen molar-refractivity contribution < 1.29 is 18.3 Å². The van der Waals surface area contributed by atoms with Gasteiger partial charge in [-0.15, -0.1) is 0 Å². The summed E-state index contributed by atoms with van der Waals surface area (Å²) in [4.78, 5) is 10.8. The van der Waals surface area contributed by atoms with Crippen molar-refractivity contribution >= 4 is 16.0 Å². The average Bonchev–Trinajstić information content (AvgIpc) is 2.35. The first-order valence-corrected chi connectivity index (χ1v) is 7.72. The van der Waals surface area contributed by atoms with E-state index in [1.54, 1.807) is 31.2 Å². The fourth-order valence-electron chi connectivity index (χ4n) is 1.70. The summed E-state index contributed by atoms with van der Waals surface area (Å²) in [6.07, 6.45) is 0. The van der Waals surface area contributed by atoms with Crippen LogP contribution in [0.4, 0.5) is 0 Å². The lowest BCUT2D eigenvalue weighted by atomic mass is 10.2. The highest BCUT2D eigenvalue weighted by molar-refractivity contribution is 7.88. The van der Waals surface area contributed by atoms with Gasteiger partial charge >= 0.3 is 5.97 Å². The number of rotatable bonds is 7. The molecule has 0 radical (unpaired) electrons. The third-order valence-corrected chi connectivity index (χ3v) is 4.73. The number of carbonyl (C=O) groups is 1. The van der Waals surface area contributed by atoms with Gasteiger partial charge < -0.3 is 5.11 Å². The molecule has 19 heavy (non-hydrogen) atoms. The Balaban J connectivity index is 2.81. The summed E-state index contributed by atoms with van der Waals surface area (Å²) in [5, 5.41) is 8.86. The number of carboxylic acid groups (broad SMARTS) is 1. The van der Waals surface area contributed by atoms with Gasteiger partial charge in [0.1, 0.15) is 0 Å². The zero-order valence-electron chi connectivity index (χ0n) is 11.1. The van der Waals surface area contributed by atoms with Gasteiger partial charge in [0, 0.05) is 13.1 Å². The van der Waals surface area contributed by atoms with Gasteiger partial charge in [-0.05, 0) is 5.56 Å². The summed E-state index contributed by atoms with van der Waals surface area (Å²) in [6.45, 7) is 3.48. The Bertz CT molecular complexity index is 513. The van der Waals surface area contributed by atoms with Gasteiger partial charge in [-0.25, -0.2) is 12.7 Å². The molecule has 0 aromatic heterocycles. The van der Waals surface area contributed by atoms with Crippen molar-refractivity contribution in [2.45, 2.75) is 19.6 Å². The predicted molar refractivity (Wildman–Crippen MR) is 73.1 cm³/mol. The van der Waals surface area contributed by atoms with Gasteiger partial charge in [-0.1, -0.05) is 44.2 Å². The number of aliphatic carboxylic acids is 1. The molecule has 6 heteroatoms. The van der Waals surface area contributed by atoms with E-state index >= 15 is 0 Å². The summed E-state index contributed by atoms with van der Waals surface area (Å²) in [5.74, 6) is -1.81. The summed E-state index contributed by atoms with van der Waals surface area (Å²) in [7, 11) is -3.48. The summed E-state index contributed by atoms with van der Waals surface area (Å²) < 4.78 is 25.7. The van der Waals surface area contributed by atoms with Crippen LogP contribution >= 0.6 is 0 Å². The smallest absolute Gasteiger partial charge is 0.307 e. The van der Waals surface area contributed by atoms with Crippen LogP contribution in [0.5, 0.6) is 0 Å². The van der Waals surface area contributed by atoms with Crippen LogP contribution in [0.2, 0.25) is 0 Å². The quantitative estimate of drug-likeness (QED) is 0.825. The Morgan fingerprint density at radius 1 is 1.32 bits per heavy atom. The van der Waals surface area contributed by atoms with Crippen LogP contribution in [0.15, 0.2) is 30.3 Å². The molecule has 106 valence electrons. The van der Waals surface area contributed by atoms with Crippen LogP contribution in [0.1, 0.15) is 19.4 Å². The third-order valence-electron chi connectivity index (χ3n) is 2.84. The third kappa shape index (κ3) is 4.65. The lowest BCUT2D eigenvalue weighted by Crippen LogP contribution is -2.37. The van der Waals surface area contributed by atoms with Gasteiger partial charge in [0.05, 0.1) is 11.7 Å². The van der Waals surface area contributed by atoms with Crippen molar-refractivity contribution in [1.29, 1.82) is 0 Å². The molecule has 0 heterocycles. The van der Waals surface area contributed by atoms with Gasteiger partial charge in [0.25, 0.3) is 0 Å². The molecule has 0 amide bonds. The largest absolute Gasteiger partial charge is 0.481 e. The van der Waals surface area contributed by atoms with Crippen LogP contribution in [-0.4, -0.2) is 36.9 Å². The highest BCUT2D eigenvalue weighted by atomic mass is 32.2. The molecule has 5 nitrogen and oxygen atoms in total. The molecule has 0 aliphatic carbocycles. The van der Waals surface area contributed by atoms with Crippen molar-refractivity contribution in [2.75, 3.05) is 13.1 Å². The monoisotopic (exact) mass is 285 g/mol. The molecule has 0 saturated heterocycles. The van der Waals surface area contributed by atoms with Crippen LogP contribution in [0.25, 0.3) is 0 Å². The Hall–Kier alpha value is -1.40. The first-order valence-electron chi connectivity index (χ1n) is 6.11. The number of sulfonamides is 1. The topological polar surface area (TPSA) is 74.7 Å². The van der Waals surface area contributed by atoms with E-state index < -0.39 is 21.9 Å². The van der Waals surface area contributed by atoms with Crippen LogP contribution in [0.3, 0.4) is 0 Å². The molecule has 0 saturated carbocycles. The highest BCUT2D eigenvalue weighted by Crippen LogP contribution is 2.12. The van der Waals surface area contributed by atoms with Crippen LogP contribution in [-0.2, 0) is 20.6 Å². The average molecular weight is 285 g/mol. The molecular weight excluding hydrogens is 266 g/mol. The van der Waals surface area contributed by atoms with Crippen LogP contribution < -0.4 is 0 Å². The number of carboxylic acids is 1. The molecule has 0 bridgehead atoms. The number of hydrogen-bond donors (Lipinski definition) is 1. The highest BCUT2D eigenvalue weighted by Gasteiger charge is 2.25. The summed E-state index contributed by atoms with van der Waals surface area (Å²) in [5.41, 5.74) is 0.698. The number of benzene rings is 1. The molecule has 0 spiro atoms. The molecule has 0 aliphatic rings. The molecule has 1 aromatic carbocycles. The first-order chi connectivity index (χ1) is 8.86. The zero-order chi connectivity index (χ0) is 14.5. The van der Waals surface area contributed by atoms with Crippen molar-refractivity contribution in [3.63, 3.8) is 0 Å². The van der Waals surface area contributed by atoms with Crippen molar-refractivity contribution in [3.8, 4) is 0 Å². The Labute approximate surface area is 113 Å². The maximum absolute atomic E-state index is 12.2. The molecule has 0 aliphatic heterocycles. The summed E-state index contributed by atoms with van der Waals surface area (Å²) in [6, 6.07) is 8.86. The fraction of sp³-hybridized carbons (Fsp3) is 0.462. The molecule has 0 fully saturated rings. The van der Waals surface area contributed by atoms with Crippen molar-refractivity contribution in [2.24, 2.45) is 5.92 Å². The second-order valence-electron chi connectivity index (χ2n) is 4.43. The second-order valence-corrected chi connectivity index (χ2v) is 6.40. The lowest BCUT2D eigenvalue weighted by molar-refractivity contribution is -0.141. The molecule has 1 N–H and O–H groups in total. The molecule has 1 atom stereocenters. The Morgan fingerprint density at radius 3 is 2.37 bits per heavy atom. The zero-order valence-corrected chi connectivity index (χ0v) is 11.9. The van der Waals surface area contributed by atoms with Crippen molar-refractivity contribution in [3.05, 3.63) is 35.9 Å². The van der Waals surface area contributed by atoms with Crippen LogP contribution in [0, 0.1) is 5.92 Å². The number of nitrogens with zero attached hydrogens (tertiary/aromatic N) is 1. The van der Waals surface area contributed by atoms with E-state index in [-0.39, 0.29) is 18.8 Å². The van der Waals surface area contributed by atoms with E-state index in [0.29, 0.717) is 5.56 Å². The minimum Gasteiger partial charge on any atom is -0.481 e. The fourth-order valence-corrected chi connectivity index (χ4v) is 3.34. The van der Waals surface area contributed by atoms with E-state index in [1.165, 1.54) is 11.2 Å². The van der Waals surface area contributed by atoms with E-state index in [2.05, 4.69) is 0 Å². The minimum absolute atomic E-state index is 0.000992. The molecule has 1 unspecified atom stereocenters. The van der Waals surface area contributed by atoms with Crippen molar-refractivity contribution in [1.82, 2.24) is 4.31 Å². The molecule has 1 aromatic rings. The van der Waals surface area contributed by atoms with Gasteiger partial charge in [-0.2, -0.15) is 0 Å². The maximum Gasteiger partial charge on any atom is 0.307 e. The summed E-state index contributed by atoms with van der Waals surface area (Å²) >= 11 is 0. The number of hydrogen-bond acceptors (Lipinski definition) is 3. The Kier molecular flexibility index (Phi) is 5.50. The molecule has 1 rings (SSSR count).